The lowest BCUT2D eigenvalue weighted by Gasteiger charge is -2.27. The Hall–Kier alpha value is -3.17. The molecular weight excluding hydrogens is 532 g/mol. The number of ether oxygens (including phenoxy) is 2. The lowest BCUT2D eigenvalue weighted by Crippen LogP contribution is -2.40. The standard InChI is InChI=1S/C26H25BrN2O5S/c1-4-6-19-22(25(32)34-5-2)23(18-14-16(27)9-12-20(18)33-3)29-24(31)21(35-26(29)28-19)13-15-7-10-17(30)11-8-15/h7-14,23,30H,4-6H2,1-3H3/b21-13+/t23-/m0/s1. The summed E-state index contributed by atoms with van der Waals surface area (Å²) < 4.78 is 13.9. The Bertz CT molecular complexity index is 1470. The molecule has 0 spiro atoms. The molecule has 182 valence electrons. The van der Waals surface area contributed by atoms with Crippen molar-refractivity contribution in [2.24, 2.45) is 4.99 Å². The summed E-state index contributed by atoms with van der Waals surface area (Å²) in [5.41, 5.74) is 2.10. The van der Waals surface area contributed by atoms with Crippen molar-refractivity contribution in [3.05, 3.63) is 89.0 Å². The van der Waals surface area contributed by atoms with Gasteiger partial charge in [0.2, 0.25) is 0 Å². The van der Waals surface area contributed by atoms with Gasteiger partial charge < -0.3 is 14.6 Å². The average molecular weight is 557 g/mol. The van der Waals surface area contributed by atoms with Gasteiger partial charge in [0.1, 0.15) is 17.5 Å². The van der Waals surface area contributed by atoms with E-state index in [4.69, 9.17) is 14.5 Å². The number of aromatic hydroxyl groups is 1. The summed E-state index contributed by atoms with van der Waals surface area (Å²) in [6.45, 7) is 3.97. The predicted molar refractivity (Wildman–Crippen MR) is 138 cm³/mol. The third-order valence-electron chi connectivity index (χ3n) is 5.57. The normalized spacial score (nSPS) is 15.5. The number of esters is 1. The van der Waals surface area contributed by atoms with E-state index in [9.17, 15) is 14.7 Å². The van der Waals surface area contributed by atoms with Crippen LogP contribution in [0.25, 0.3) is 6.08 Å². The van der Waals surface area contributed by atoms with Crippen LogP contribution in [0.5, 0.6) is 11.5 Å². The molecule has 1 N–H and O–H groups in total. The summed E-state index contributed by atoms with van der Waals surface area (Å²) in [5.74, 6) is 0.194. The third-order valence-corrected chi connectivity index (χ3v) is 7.05. The molecule has 0 aliphatic carbocycles. The minimum Gasteiger partial charge on any atom is -0.508 e. The van der Waals surface area contributed by atoms with E-state index in [-0.39, 0.29) is 17.9 Å². The van der Waals surface area contributed by atoms with Crippen LogP contribution in [0.3, 0.4) is 0 Å². The predicted octanol–water partition coefficient (Wildman–Crippen LogP) is 4.06. The van der Waals surface area contributed by atoms with E-state index in [0.717, 1.165) is 16.5 Å². The van der Waals surface area contributed by atoms with E-state index in [2.05, 4.69) is 15.9 Å². The summed E-state index contributed by atoms with van der Waals surface area (Å²) in [6, 6.07) is 11.3. The number of thiazole rings is 1. The zero-order chi connectivity index (χ0) is 25.1. The maximum absolute atomic E-state index is 13.7. The number of allylic oxidation sites excluding steroid dienone is 1. The lowest BCUT2D eigenvalue weighted by atomic mass is 9.93. The van der Waals surface area contributed by atoms with Crippen LogP contribution < -0.4 is 19.6 Å². The van der Waals surface area contributed by atoms with E-state index < -0.39 is 12.0 Å². The number of phenols is 1. The van der Waals surface area contributed by atoms with Gasteiger partial charge in [-0.2, -0.15) is 0 Å². The van der Waals surface area contributed by atoms with Crippen molar-refractivity contribution >= 4 is 39.3 Å². The molecule has 0 saturated carbocycles. The second-order valence-corrected chi connectivity index (χ2v) is 9.82. The Kier molecular flexibility index (Phi) is 7.57. The number of fused-ring (bicyclic) bond motifs is 1. The molecular formula is C26H25BrN2O5S. The number of phenolic OH excluding ortho intramolecular Hbond substituents is 1. The number of aromatic nitrogens is 1. The van der Waals surface area contributed by atoms with E-state index in [1.54, 1.807) is 55.0 Å². The van der Waals surface area contributed by atoms with Crippen LogP contribution in [-0.2, 0) is 9.53 Å². The van der Waals surface area contributed by atoms with Crippen LogP contribution in [0, 0.1) is 0 Å². The molecule has 2 aromatic carbocycles. The first-order valence-corrected chi connectivity index (χ1v) is 12.8. The lowest BCUT2D eigenvalue weighted by molar-refractivity contribution is -0.139. The van der Waals surface area contributed by atoms with E-state index in [1.807, 2.05) is 19.1 Å². The Morgan fingerprint density at radius 1 is 1.23 bits per heavy atom. The number of nitrogens with zero attached hydrogens (tertiary/aromatic N) is 2. The Morgan fingerprint density at radius 3 is 2.63 bits per heavy atom. The van der Waals surface area contributed by atoms with Gasteiger partial charge in [-0.05, 0) is 55.3 Å². The van der Waals surface area contributed by atoms with Crippen molar-refractivity contribution in [2.75, 3.05) is 13.7 Å². The third kappa shape index (κ3) is 4.97. The molecule has 3 aromatic rings. The fourth-order valence-electron chi connectivity index (χ4n) is 4.06. The molecule has 35 heavy (non-hydrogen) atoms. The van der Waals surface area contributed by atoms with Crippen LogP contribution >= 0.6 is 27.3 Å². The van der Waals surface area contributed by atoms with Crippen LogP contribution in [-0.4, -0.2) is 29.4 Å². The molecule has 9 heteroatoms. The average Bonchev–Trinajstić information content (AvgIpc) is 3.14. The number of benzene rings is 2. The smallest absolute Gasteiger partial charge is 0.338 e. The number of methoxy groups -OCH3 is 1. The largest absolute Gasteiger partial charge is 0.508 e. The SMILES string of the molecule is CCCC1=C(C(=O)OCC)[C@H](c2cc(Br)ccc2OC)n2c(s/c(=C/c3ccc(O)cc3)c2=O)=N1. The van der Waals surface area contributed by atoms with Crippen LogP contribution in [0.15, 0.2) is 68.0 Å². The molecule has 0 amide bonds. The summed E-state index contributed by atoms with van der Waals surface area (Å²) in [4.78, 5) is 32.3. The molecule has 1 aliphatic heterocycles. The van der Waals surface area contributed by atoms with Gasteiger partial charge in [0.25, 0.3) is 5.56 Å². The molecule has 2 heterocycles. The van der Waals surface area contributed by atoms with E-state index in [1.165, 1.54) is 11.3 Å². The summed E-state index contributed by atoms with van der Waals surface area (Å²) >= 11 is 4.78. The number of carbonyl (C=O) groups is 1. The number of hydrogen-bond acceptors (Lipinski definition) is 7. The van der Waals surface area contributed by atoms with Gasteiger partial charge in [0, 0.05) is 10.0 Å². The first-order chi connectivity index (χ1) is 16.9. The molecule has 0 bridgehead atoms. The number of halogens is 1. The highest BCUT2D eigenvalue weighted by molar-refractivity contribution is 9.10. The number of hydrogen-bond donors (Lipinski definition) is 1. The maximum Gasteiger partial charge on any atom is 0.338 e. The quantitative estimate of drug-likeness (QED) is 0.443. The zero-order valence-corrected chi connectivity index (χ0v) is 22.0. The summed E-state index contributed by atoms with van der Waals surface area (Å²) in [6.07, 6.45) is 3.09. The maximum atomic E-state index is 13.7. The summed E-state index contributed by atoms with van der Waals surface area (Å²) in [5, 5.41) is 9.59. The second-order valence-electron chi connectivity index (χ2n) is 7.89. The van der Waals surface area contributed by atoms with Crippen molar-refractivity contribution < 1.29 is 19.4 Å². The van der Waals surface area contributed by atoms with Crippen LogP contribution in [0.4, 0.5) is 0 Å². The van der Waals surface area contributed by atoms with Gasteiger partial charge in [-0.3, -0.25) is 9.36 Å². The molecule has 1 atom stereocenters. The van der Waals surface area contributed by atoms with Gasteiger partial charge in [-0.1, -0.05) is 52.7 Å². The highest BCUT2D eigenvalue weighted by Crippen LogP contribution is 2.38. The zero-order valence-electron chi connectivity index (χ0n) is 19.6. The van der Waals surface area contributed by atoms with Gasteiger partial charge in [0.05, 0.1) is 29.5 Å². The molecule has 1 aromatic heterocycles. The van der Waals surface area contributed by atoms with Gasteiger partial charge >= 0.3 is 5.97 Å². The van der Waals surface area contributed by atoms with Crippen LogP contribution in [0.2, 0.25) is 0 Å². The van der Waals surface area contributed by atoms with Gasteiger partial charge in [-0.15, -0.1) is 0 Å². The molecule has 0 fully saturated rings. The van der Waals surface area contributed by atoms with Crippen molar-refractivity contribution in [1.29, 1.82) is 0 Å². The topological polar surface area (TPSA) is 90.1 Å². The highest BCUT2D eigenvalue weighted by Gasteiger charge is 2.36. The van der Waals surface area contributed by atoms with E-state index >= 15 is 0 Å². The van der Waals surface area contributed by atoms with Crippen molar-refractivity contribution in [3.63, 3.8) is 0 Å². The van der Waals surface area contributed by atoms with Gasteiger partial charge in [-0.25, -0.2) is 9.79 Å². The molecule has 4 rings (SSSR count). The monoisotopic (exact) mass is 556 g/mol. The molecule has 7 nitrogen and oxygen atoms in total. The summed E-state index contributed by atoms with van der Waals surface area (Å²) in [7, 11) is 1.56. The molecule has 1 aliphatic rings. The Balaban J connectivity index is 2.04. The molecule has 0 saturated heterocycles. The molecule has 0 unspecified atom stereocenters. The van der Waals surface area contributed by atoms with Crippen molar-refractivity contribution in [1.82, 2.24) is 4.57 Å². The van der Waals surface area contributed by atoms with Crippen molar-refractivity contribution in [3.8, 4) is 11.5 Å². The fourth-order valence-corrected chi connectivity index (χ4v) is 5.45. The molecule has 0 radical (unpaired) electrons. The Morgan fingerprint density at radius 2 is 1.97 bits per heavy atom. The fraction of sp³-hybridized carbons (Fsp3) is 0.269. The van der Waals surface area contributed by atoms with E-state index in [0.29, 0.717) is 38.3 Å². The number of carbonyl (C=O) groups excluding carboxylic acids is 1. The minimum atomic E-state index is -0.763. The first-order valence-electron chi connectivity index (χ1n) is 11.2. The van der Waals surface area contributed by atoms with Crippen LogP contribution in [0.1, 0.15) is 43.9 Å². The first kappa shape index (κ1) is 24.9. The second kappa shape index (κ2) is 10.6. The van der Waals surface area contributed by atoms with Crippen molar-refractivity contribution in [2.45, 2.75) is 32.7 Å². The highest BCUT2D eigenvalue weighted by atomic mass is 79.9. The number of rotatable bonds is 7. The Labute approximate surface area is 214 Å². The minimum absolute atomic E-state index is 0.147. The van der Waals surface area contributed by atoms with Gasteiger partial charge in [0.15, 0.2) is 4.80 Å².